The number of halogens is 12. The molecule has 0 aromatic heterocycles. The van der Waals surface area contributed by atoms with Crippen molar-refractivity contribution in [1.82, 2.24) is 0 Å². The number of hydrogen-bond acceptors (Lipinski definition) is 3. The maximum absolute atomic E-state index is 15.1. The minimum absolute atomic E-state index is 0.0358. The first-order valence-electron chi connectivity index (χ1n) is 7.79. The molecule has 0 aliphatic carbocycles. The van der Waals surface area contributed by atoms with E-state index in [0.717, 1.165) is 0 Å². The van der Waals surface area contributed by atoms with Crippen LogP contribution >= 0.6 is 0 Å². The second-order valence-electron chi connectivity index (χ2n) is 6.18. The summed E-state index contributed by atoms with van der Waals surface area (Å²) in [6.07, 6.45) is -7.50. The third kappa shape index (κ3) is 4.11. The van der Waals surface area contributed by atoms with Crippen LogP contribution in [0.2, 0.25) is 0 Å². The normalized spacial score (nSPS) is 15.9. The average Bonchev–Trinajstić information content (AvgIpc) is 2.69. The van der Waals surface area contributed by atoms with E-state index in [1.54, 1.807) is 0 Å². The Morgan fingerprint density at radius 3 is 1.50 bits per heavy atom. The van der Waals surface area contributed by atoms with E-state index in [4.69, 9.17) is 15.3 Å². The summed E-state index contributed by atoms with van der Waals surface area (Å²) in [5, 5.41) is 26.6. The Morgan fingerprint density at radius 2 is 1.15 bits per heavy atom. The molecule has 0 bridgehead atoms. The number of allylic oxidation sites excluding steroid dienone is 1. The summed E-state index contributed by atoms with van der Waals surface area (Å²) in [6.45, 7) is 0. The van der Waals surface area contributed by atoms with Gasteiger partial charge in [-0.25, -0.2) is 27.6 Å². The molecule has 18 heteroatoms. The minimum Gasteiger partial charge on any atom is -0.478 e. The van der Waals surface area contributed by atoms with Crippen LogP contribution in [0.1, 0.15) is 26.3 Å². The number of carboxylic acids is 3. The molecule has 1 rings (SSSR count). The van der Waals surface area contributed by atoms with E-state index < -0.39 is 75.9 Å². The average molecular weight is 522 g/mol. The molecular formula is C16H6F12O6. The molecular weight excluding hydrogens is 516 g/mol. The van der Waals surface area contributed by atoms with Gasteiger partial charge in [0, 0.05) is 5.56 Å². The molecule has 0 amide bonds. The number of hydrogen-bond donors (Lipinski definition) is 3. The van der Waals surface area contributed by atoms with Crippen LogP contribution in [0.15, 0.2) is 29.9 Å². The predicted molar refractivity (Wildman–Crippen MR) is 80.9 cm³/mol. The second kappa shape index (κ2) is 8.39. The van der Waals surface area contributed by atoms with E-state index in [0.29, 0.717) is 6.07 Å². The van der Waals surface area contributed by atoms with Gasteiger partial charge in [-0.2, -0.15) is 39.5 Å². The van der Waals surface area contributed by atoms with Crippen LogP contribution in [0, 0.1) is 0 Å². The number of carboxylic acid groups (broad SMARTS) is 3. The molecule has 0 fully saturated rings. The smallest absolute Gasteiger partial charge is 0.460 e. The monoisotopic (exact) mass is 522 g/mol. The van der Waals surface area contributed by atoms with Crippen LogP contribution in [-0.4, -0.2) is 57.2 Å². The largest absolute Gasteiger partial charge is 0.478 e. The minimum atomic E-state index is -7.88. The number of benzene rings is 1. The van der Waals surface area contributed by atoms with Gasteiger partial charge < -0.3 is 15.3 Å². The molecule has 0 radical (unpaired) electrons. The Kier molecular flexibility index (Phi) is 7.05. The molecule has 0 aliphatic heterocycles. The highest BCUT2D eigenvalue weighted by atomic mass is 19.4. The number of alkyl halides is 10. The Labute approximate surface area is 177 Å². The molecule has 6 nitrogen and oxygen atoms in total. The van der Waals surface area contributed by atoms with Crippen molar-refractivity contribution >= 4 is 17.9 Å². The number of aromatic carboxylic acids is 2. The number of carbonyl (C=O) groups is 3. The van der Waals surface area contributed by atoms with Crippen LogP contribution < -0.4 is 0 Å². The fourth-order valence-electron chi connectivity index (χ4n) is 2.28. The van der Waals surface area contributed by atoms with Gasteiger partial charge in [0.1, 0.15) is 0 Å². The highest BCUT2D eigenvalue weighted by Gasteiger charge is 2.83. The van der Waals surface area contributed by atoms with Gasteiger partial charge in [0.05, 0.1) is 11.1 Å². The van der Waals surface area contributed by atoms with Gasteiger partial charge in [-0.3, -0.25) is 0 Å². The third-order valence-electron chi connectivity index (χ3n) is 4.08. The van der Waals surface area contributed by atoms with Crippen LogP contribution in [0.4, 0.5) is 52.7 Å². The maximum Gasteiger partial charge on any atom is 0.460 e. The van der Waals surface area contributed by atoms with Crippen molar-refractivity contribution in [1.29, 1.82) is 0 Å². The summed E-state index contributed by atoms with van der Waals surface area (Å²) < 4.78 is 160. The lowest BCUT2D eigenvalue weighted by Crippen LogP contribution is -2.61. The molecule has 1 aromatic rings. The molecule has 0 saturated heterocycles. The highest BCUT2D eigenvalue weighted by molar-refractivity contribution is 5.97. The fourth-order valence-corrected chi connectivity index (χ4v) is 2.28. The standard InChI is InChI=1S/C16H6F12O6/c17-7(8(18)13(20,21)14(22,23)15(24,25)16(26,27)28)12(19,11(33)34)6-3-4(9(29)30)1-2-5(6)10(31)32/h1-3H,(H,29,30)(H,31,32)(H,33,34). The van der Waals surface area contributed by atoms with Gasteiger partial charge in [0.2, 0.25) is 5.83 Å². The van der Waals surface area contributed by atoms with E-state index in [2.05, 4.69) is 0 Å². The number of rotatable bonds is 8. The van der Waals surface area contributed by atoms with E-state index in [1.807, 2.05) is 0 Å². The molecule has 34 heavy (non-hydrogen) atoms. The van der Waals surface area contributed by atoms with Crippen LogP contribution in [0.3, 0.4) is 0 Å². The summed E-state index contributed by atoms with van der Waals surface area (Å²) in [4.78, 5) is 33.3. The zero-order chi connectivity index (χ0) is 27.2. The van der Waals surface area contributed by atoms with Gasteiger partial charge in [0.15, 0.2) is 5.83 Å². The molecule has 190 valence electrons. The Bertz CT molecular complexity index is 1060. The van der Waals surface area contributed by atoms with Crippen LogP contribution in [-0.2, 0) is 10.5 Å². The first kappa shape index (κ1) is 28.6. The van der Waals surface area contributed by atoms with Crippen LogP contribution in [0.5, 0.6) is 0 Å². The van der Waals surface area contributed by atoms with Crippen molar-refractivity contribution < 1.29 is 82.4 Å². The molecule has 0 aliphatic rings. The van der Waals surface area contributed by atoms with Crippen molar-refractivity contribution in [3.63, 3.8) is 0 Å². The van der Waals surface area contributed by atoms with Gasteiger partial charge in [-0.15, -0.1) is 0 Å². The highest BCUT2D eigenvalue weighted by Crippen LogP contribution is 2.57. The van der Waals surface area contributed by atoms with E-state index >= 15 is 4.39 Å². The summed E-state index contributed by atoms with van der Waals surface area (Å²) in [6, 6.07) is -0.0241. The lowest BCUT2D eigenvalue weighted by Gasteiger charge is -2.33. The van der Waals surface area contributed by atoms with Gasteiger partial charge >= 0.3 is 41.9 Å². The molecule has 3 N–H and O–H groups in total. The Morgan fingerprint density at radius 1 is 0.676 bits per heavy atom. The molecule has 1 unspecified atom stereocenters. The zero-order valence-corrected chi connectivity index (χ0v) is 15.3. The van der Waals surface area contributed by atoms with E-state index in [9.17, 15) is 62.7 Å². The van der Waals surface area contributed by atoms with Crippen molar-refractivity contribution in [2.45, 2.75) is 29.6 Å². The Balaban J connectivity index is 4.05. The van der Waals surface area contributed by atoms with E-state index in [1.165, 1.54) is 0 Å². The van der Waals surface area contributed by atoms with Crippen molar-refractivity contribution in [3.05, 3.63) is 46.5 Å². The van der Waals surface area contributed by atoms with Crippen molar-refractivity contribution in [2.75, 3.05) is 0 Å². The van der Waals surface area contributed by atoms with Crippen molar-refractivity contribution in [3.8, 4) is 0 Å². The molecule has 0 saturated carbocycles. The van der Waals surface area contributed by atoms with Gasteiger partial charge in [0.25, 0.3) is 5.67 Å². The predicted octanol–water partition coefficient (Wildman–Crippen LogP) is 4.95. The summed E-state index contributed by atoms with van der Waals surface area (Å²) in [5.41, 5.74) is -11.0. The van der Waals surface area contributed by atoms with Crippen molar-refractivity contribution in [2.24, 2.45) is 0 Å². The maximum atomic E-state index is 15.1. The molecule has 1 aromatic carbocycles. The summed E-state index contributed by atoms with van der Waals surface area (Å²) in [7, 11) is 0. The van der Waals surface area contributed by atoms with Crippen LogP contribution in [0.25, 0.3) is 0 Å². The lowest BCUT2D eigenvalue weighted by atomic mass is 9.87. The SMILES string of the molecule is O=C(O)c1ccc(C(=O)O)c(C(F)(C(=O)O)C(F)=C(F)C(F)(F)C(F)(F)C(F)(F)C(F)(F)F)c1. The lowest BCUT2D eigenvalue weighted by molar-refractivity contribution is -0.392. The molecule has 1 atom stereocenters. The van der Waals surface area contributed by atoms with Gasteiger partial charge in [-0.05, 0) is 18.2 Å². The fraction of sp³-hybridized carbons (Fsp3) is 0.312. The zero-order valence-electron chi connectivity index (χ0n) is 15.3. The molecule has 0 heterocycles. The summed E-state index contributed by atoms with van der Waals surface area (Å²) >= 11 is 0. The molecule has 0 spiro atoms. The summed E-state index contributed by atoms with van der Waals surface area (Å²) in [5.74, 6) is -40.3. The quantitative estimate of drug-likeness (QED) is 0.417. The Hall–Kier alpha value is -3.47. The first-order chi connectivity index (χ1) is 15.0. The number of aliphatic carboxylic acids is 1. The third-order valence-corrected chi connectivity index (χ3v) is 4.08. The second-order valence-corrected chi connectivity index (χ2v) is 6.18. The van der Waals surface area contributed by atoms with E-state index in [-0.39, 0.29) is 12.1 Å². The van der Waals surface area contributed by atoms with Gasteiger partial charge in [-0.1, -0.05) is 0 Å². The topological polar surface area (TPSA) is 112 Å². The first-order valence-corrected chi connectivity index (χ1v) is 7.79.